The van der Waals surface area contributed by atoms with Gasteiger partial charge in [-0.25, -0.2) is 0 Å². The molecule has 0 saturated heterocycles. The van der Waals surface area contributed by atoms with E-state index in [-0.39, 0.29) is 11.2 Å². The minimum Gasteiger partial charge on any atom is -0.506 e. The Hall–Kier alpha value is -0.730. The van der Waals surface area contributed by atoms with Crippen LogP contribution in [0, 0.1) is 0 Å². The Kier molecular flexibility index (Phi) is 1.97. The molecule has 0 spiro atoms. The zero-order chi connectivity index (χ0) is 9.47. The van der Waals surface area contributed by atoms with Gasteiger partial charge in [0.25, 0.3) is 0 Å². The van der Waals surface area contributed by atoms with Crippen LogP contribution in [0.25, 0.3) is 0 Å². The van der Waals surface area contributed by atoms with Gasteiger partial charge in [-0.2, -0.15) is 0 Å². The Labute approximate surface area is 82.3 Å². The fraction of sp³-hybridized carbons (Fsp3) is 0.400. The van der Waals surface area contributed by atoms with Crippen molar-refractivity contribution in [1.82, 2.24) is 0 Å². The first kappa shape index (κ1) is 8.85. The molecule has 1 fully saturated rings. The van der Waals surface area contributed by atoms with Crippen molar-refractivity contribution in [3.63, 3.8) is 0 Å². The molecule has 1 aromatic rings. The van der Waals surface area contributed by atoms with Crippen LogP contribution in [0.4, 0.5) is 0 Å². The molecule has 0 radical (unpaired) electrons. The maximum Gasteiger partial charge on any atom is 0.134 e. The molecule has 1 saturated carbocycles. The van der Waals surface area contributed by atoms with E-state index in [4.69, 9.17) is 17.3 Å². The summed E-state index contributed by atoms with van der Waals surface area (Å²) in [7, 11) is 0. The molecule has 0 bridgehead atoms. The van der Waals surface area contributed by atoms with Gasteiger partial charge >= 0.3 is 0 Å². The molecular weight excluding hydrogens is 186 g/mol. The number of phenols is 1. The number of hydrogen-bond acceptors (Lipinski definition) is 2. The predicted molar refractivity (Wildman–Crippen MR) is 53.1 cm³/mol. The number of hydrogen-bond donors (Lipinski definition) is 2. The van der Waals surface area contributed by atoms with E-state index in [9.17, 15) is 5.11 Å². The molecule has 2 rings (SSSR count). The van der Waals surface area contributed by atoms with Gasteiger partial charge in [0.05, 0.1) is 5.02 Å². The van der Waals surface area contributed by atoms with Crippen molar-refractivity contribution in [3.8, 4) is 5.75 Å². The maximum atomic E-state index is 9.41. The SMILES string of the molecule is NCC1(c2ccc(Cl)c(O)c2)CC1. The predicted octanol–water partition coefficient (Wildman–Crippen LogP) is 2.04. The third kappa shape index (κ3) is 1.40. The molecule has 0 atom stereocenters. The van der Waals surface area contributed by atoms with Crippen LogP contribution in [-0.4, -0.2) is 11.7 Å². The second-order valence-electron chi connectivity index (χ2n) is 3.65. The van der Waals surface area contributed by atoms with E-state index >= 15 is 0 Å². The van der Waals surface area contributed by atoms with Gasteiger partial charge in [-0.1, -0.05) is 17.7 Å². The second kappa shape index (κ2) is 2.89. The zero-order valence-corrected chi connectivity index (χ0v) is 8.01. The molecule has 70 valence electrons. The van der Waals surface area contributed by atoms with E-state index in [2.05, 4.69) is 0 Å². The minimum absolute atomic E-state index is 0.127. The van der Waals surface area contributed by atoms with Crippen molar-refractivity contribution in [2.75, 3.05) is 6.54 Å². The van der Waals surface area contributed by atoms with Gasteiger partial charge in [-0.05, 0) is 30.5 Å². The van der Waals surface area contributed by atoms with Crippen molar-refractivity contribution >= 4 is 11.6 Å². The summed E-state index contributed by atoms with van der Waals surface area (Å²) in [5.74, 6) is 0.152. The van der Waals surface area contributed by atoms with Gasteiger partial charge < -0.3 is 10.8 Å². The van der Waals surface area contributed by atoms with Crippen LogP contribution in [-0.2, 0) is 5.41 Å². The van der Waals surface area contributed by atoms with Crippen LogP contribution in [0.15, 0.2) is 18.2 Å². The zero-order valence-electron chi connectivity index (χ0n) is 7.26. The van der Waals surface area contributed by atoms with Gasteiger partial charge in [-0.3, -0.25) is 0 Å². The number of aromatic hydroxyl groups is 1. The standard InChI is InChI=1S/C10H12ClNO/c11-8-2-1-7(5-9(8)13)10(6-12)3-4-10/h1-2,5,13H,3-4,6,12H2. The average Bonchev–Trinajstić information content (AvgIpc) is 2.90. The summed E-state index contributed by atoms with van der Waals surface area (Å²) in [5.41, 5.74) is 6.91. The summed E-state index contributed by atoms with van der Waals surface area (Å²) in [5, 5.41) is 9.81. The van der Waals surface area contributed by atoms with Crippen LogP contribution < -0.4 is 5.73 Å². The molecule has 1 aliphatic rings. The third-order valence-electron chi connectivity index (χ3n) is 2.80. The molecule has 0 heterocycles. The molecule has 3 heteroatoms. The van der Waals surface area contributed by atoms with Crippen LogP contribution in [0.5, 0.6) is 5.75 Å². The van der Waals surface area contributed by atoms with Crippen molar-refractivity contribution in [2.24, 2.45) is 5.73 Å². The van der Waals surface area contributed by atoms with Crippen molar-refractivity contribution < 1.29 is 5.11 Å². The molecular formula is C10H12ClNO. The summed E-state index contributed by atoms with van der Waals surface area (Å²) in [6, 6.07) is 5.39. The lowest BCUT2D eigenvalue weighted by atomic mass is 9.96. The highest BCUT2D eigenvalue weighted by Gasteiger charge is 2.42. The summed E-state index contributed by atoms with van der Waals surface area (Å²) >= 11 is 5.71. The Morgan fingerprint density at radius 1 is 1.46 bits per heavy atom. The fourth-order valence-corrected chi connectivity index (χ4v) is 1.72. The van der Waals surface area contributed by atoms with Gasteiger partial charge in [0, 0.05) is 12.0 Å². The van der Waals surface area contributed by atoms with Gasteiger partial charge in [0.2, 0.25) is 0 Å². The highest BCUT2D eigenvalue weighted by molar-refractivity contribution is 6.32. The summed E-state index contributed by atoms with van der Waals surface area (Å²) in [4.78, 5) is 0. The smallest absolute Gasteiger partial charge is 0.134 e. The van der Waals surface area contributed by atoms with E-state index in [1.54, 1.807) is 12.1 Å². The summed E-state index contributed by atoms with van der Waals surface area (Å²) in [6.07, 6.45) is 2.23. The lowest BCUT2D eigenvalue weighted by molar-refractivity contribution is 0.473. The van der Waals surface area contributed by atoms with Crippen molar-refractivity contribution in [2.45, 2.75) is 18.3 Å². The Balaban J connectivity index is 2.37. The lowest BCUT2D eigenvalue weighted by Crippen LogP contribution is -2.19. The number of nitrogens with two attached hydrogens (primary N) is 1. The summed E-state index contributed by atoms with van der Waals surface area (Å²) < 4.78 is 0. The molecule has 3 N–H and O–H groups in total. The van der Waals surface area contributed by atoms with E-state index in [0.29, 0.717) is 11.6 Å². The van der Waals surface area contributed by atoms with Crippen LogP contribution >= 0.6 is 11.6 Å². The first-order chi connectivity index (χ1) is 6.18. The Morgan fingerprint density at radius 2 is 2.15 bits per heavy atom. The van der Waals surface area contributed by atoms with Gasteiger partial charge in [0.15, 0.2) is 0 Å². The highest BCUT2D eigenvalue weighted by atomic mass is 35.5. The van der Waals surface area contributed by atoms with E-state index in [1.165, 1.54) is 0 Å². The monoisotopic (exact) mass is 197 g/mol. The van der Waals surface area contributed by atoms with Crippen LogP contribution in [0.3, 0.4) is 0 Å². The number of halogens is 1. The van der Waals surface area contributed by atoms with Crippen LogP contribution in [0.1, 0.15) is 18.4 Å². The topological polar surface area (TPSA) is 46.2 Å². The largest absolute Gasteiger partial charge is 0.506 e. The second-order valence-corrected chi connectivity index (χ2v) is 4.06. The molecule has 0 aliphatic heterocycles. The molecule has 0 aromatic heterocycles. The molecule has 0 amide bonds. The number of benzene rings is 1. The highest BCUT2D eigenvalue weighted by Crippen LogP contribution is 2.48. The Bertz CT molecular complexity index is 334. The van der Waals surface area contributed by atoms with Crippen molar-refractivity contribution in [3.05, 3.63) is 28.8 Å². The summed E-state index contributed by atoms with van der Waals surface area (Å²) in [6.45, 7) is 0.647. The van der Waals surface area contributed by atoms with E-state index in [1.807, 2.05) is 6.07 Å². The van der Waals surface area contributed by atoms with E-state index < -0.39 is 0 Å². The lowest BCUT2D eigenvalue weighted by Gasteiger charge is -2.12. The maximum absolute atomic E-state index is 9.41. The average molecular weight is 198 g/mol. The molecule has 13 heavy (non-hydrogen) atoms. The first-order valence-electron chi connectivity index (χ1n) is 4.37. The van der Waals surface area contributed by atoms with Gasteiger partial charge in [-0.15, -0.1) is 0 Å². The quantitative estimate of drug-likeness (QED) is 0.762. The molecule has 2 nitrogen and oxygen atoms in total. The fourth-order valence-electron chi connectivity index (χ4n) is 1.60. The van der Waals surface area contributed by atoms with Crippen molar-refractivity contribution in [1.29, 1.82) is 0 Å². The Morgan fingerprint density at radius 3 is 2.62 bits per heavy atom. The van der Waals surface area contributed by atoms with E-state index in [0.717, 1.165) is 18.4 Å². The molecule has 1 aromatic carbocycles. The number of phenolic OH excluding ortho intramolecular Hbond substituents is 1. The molecule has 1 aliphatic carbocycles. The van der Waals surface area contributed by atoms with Gasteiger partial charge in [0.1, 0.15) is 5.75 Å². The molecule has 0 unspecified atom stereocenters. The van der Waals surface area contributed by atoms with Crippen LogP contribution in [0.2, 0.25) is 5.02 Å². The first-order valence-corrected chi connectivity index (χ1v) is 4.75. The third-order valence-corrected chi connectivity index (χ3v) is 3.12. The number of rotatable bonds is 2. The minimum atomic E-state index is 0.127. The normalized spacial score (nSPS) is 18.6.